The molecule has 0 amide bonds. The lowest BCUT2D eigenvalue weighted by molar-refractivity contribution is 0.0531. The van der Waals surface area contributed by atoms with Gasteiger partial charge in [0.25, 0.3) is 0 Å². The van der Waals surface area contributed by atoms with Crippen LogP contribution < -0.4 is 10.6 Å². The van der Waals surface area contributed by atoms with Crippen LogP contribution in [0, 0.1) is 0 Å². The van der Waals surface area contributed by atoms with Crippen molar-refractivity contribution < 1.29 is 4.74 Å². The molecule has 0 unspecified atom stereocenters. The average molecular weight is 529 g/mol. The van der Waals surface area contributed by atoms with Crippen LogP contribution >= 0.6 is 35.6 Å². The Morgan fingerprint density at radius 1 is 1.14 bits per heavy atom. The minimum Gasteiger partial charge on any atom is -0.381 e. The highest BCUT2D eigenvalue weighted by molar-refractivity contribution is 14.0. The molecule has 29 heavy (non-hydrogen) atoms. The van der Waals surface area contributed by atoms with Gasteiger partial charge in [0.2, 0.25) is 0 Å². The third-order valence-electron chi connectivity index (χ3n) is 5.18. The average Bonchev–Trinajstić information content (AvgIpc) is 2.74. The highest BCUT2D eigenvalue weighted by atomic mass is 127. The number of guanidine groups is 1. The van der Waals surface area contributed by atoms with Gasteiger partial charge >= 0.3 is 0 Å². The molecule has 0 radical (unpaired) electrons. The summed E-state index contributed by atoms with van der Waals surface area (Å²) in [6.07, 6.45) is 4.53. The summed E-state index contributed by atoms with van der Waals surface area (Å²) in [6.45, 7) is 5.84. The van der Waals surface area contributed by atoms with Crippen LogP contribution in [0.3, 0.4) is 0 Å². The highest BCUT2D eigenvalue weighted by Gasteiger charge is 2.36. The largest absolute Gasteiger partial charge is 0.381 e. The number of nitrogens with one attached hydrogen (secondary N) is 2. The summed E-state index contributed by atoms with van der Waals surface area (Å²) < 4.78 is 5.62. The van der Waals surface area contributed by atoms with E-state index in [-0.39, 0.29) is 29.4 Å². The Bertz CT molecular complexity index is 766. The second-order valence-electron chi connectivity index (χ2n) is 7.07. The van der Waals surface area contributed by atoms with Crippen LogP contribution in [0.5, 0.6) is 0 Å². The number of halogens is 2. The van der Waals surface area contributed by atoms with Gasteiger partial charge in [-0.05, 0) is 43.5 Å². The Balaban J connectivity index is 0.00000300. The van der Waals surface area contributed by atoms with Gasteiger partial charge in [0.1, 0.15) is 0 Å². The summed E-state index contributed by atoms with van der Waals surface area (Å²) >= 11 is 6.55. The van der Waals surface area contributed by atoms with Gasteiger partial charge in [-0.2, -0.15) is 0 Å². The van der Waals surface area contributed by atoms with Gasteiger partial charge in [-0.15, -0.1) is 24.0 Å². The molecule has 5 nitrogen and oxygen atoms in total. The Hall–Kier alpha value is -1.38. The first kappa shape index (κ1) is 23.9. The number of hydrogen-bond donors (Lipinski definition) is 2. The Kier molecular flexibility index (Phi) is 10.2. The fourth-order valence-corrected chi connectivity index (χ4v) is 3.93. The number of nitrogens with zero attached hydrogens (tertiary/aromatic N) is 2. The van der Waals surface area contributed by atoms with E-state index in [0.29, 0.717) is 6.54 Å². The van der Waals surface area contributed by atoms with E-state index in [4.69, 9.17) is 21.3 Å². The van der Waals surface area contributed by atoms with Crippen LogP contribution in [-0.4, -0.2) is 43.8 Å². The molecular formula is C22H30ClIN4O. The number of aliphatic imine (C=N–C) groups is 1. The predicted octanol–water partition coefficient (Wildman–Crippen LogP) is 4.20. The van der Waals surface area contributed by atoms with E-state index in [1.165, 1.54) is 5.56 Å². The molecule has 0 atom stereocenters. The van der Waals surface area contributed by atoms with E-state index in [0.717, 1.165) is 62.2 Å². The van der Waals surface area contributed by atoms with Gasteiger partial charge < -0.3 is 15.4 Å². The fraction of sp³-hybridized carbons (Fsp3) is 0.455. The minimum atomic E-state index is -0.0834. The topological polar surface area (TPSA) is 58.5 Å². The zero-order valence-electron chi connectivity index (χ0n) is 16.9. The molecule has 1 aliphatic rings. The third-order valence-corrected chi connectivity index (χ3v) is 5.51. The van der Waals surface area contributed by atoms with Crippen LogP contribution in [0.15, 0.2) is 53.7 Å². The smallest absolute Gasteiger partial charge is 0.191 e. The maximum Gasteiger partial charge on any atom is 0.191 e. The molecule has 2 N–H and O–H groups in total. The lowest BCUT2D eigenvalue weighted by Gasteiger charge is -2.37. The quantitative estimate of drug-likeness (QED) is 0.321. The zero-order valence-corrected chi connectivity index (χ0v) is 20.0. The predicted molar refractivity (Wildman–Crippen MR) is 131 cm³/mol. The molecule has 1 aromatic heterocycles. The summed E-state index contributed by atoms with van der Waals surface area (Å²) in [4.78, 5) is 9.29. The van der Waals surface area contributed by atoms with Gasteiger partial charge in [0, 0.05) is 55.1 Å². The van der Waals surface area contributed by atoms with E-state index < -0.39 is 0 Å². The molecule has 0 bridgehead atoms. The molecule has 1 fully saturated rings. The van der Waals surface area contributed by atoms with Crippen molar-refractivity contribution in [3.63, 3.8) is 0 Å². The molecule has 1 saturated heterocycles. The highest BCUT2D eigenvalue weighted by Crippen LogP contribution is 2.38. The normalized spacial score (nSPS) is 16.0. The van der Waals surface area contributed by atoms with Crippen molar-refractivity contribution in [3.8, 4) is 0 Å². The first-order valence-electron chi connectivity index (χ1n) is 9.98. The molecule has 158 valence electrons. The van der Waals surface area contributed by atoms with E-state index >= 15 is 0 Å². The SMILES string of the molecule is CCNC(=NCC1(c2ccccc2Cl)CCOCC1)NCCc1ccccn1.I. The van der Waals surface area contributed by atoms with Crippen molar-refractivity contribution in [2.24, 2.45) is 4.99 Å². The van der Waals surface area contributed by atoms with Crippen LogP contribution in [0.25, 0.3) is 0 Å². The van der Waals surface area contributed by atoms with Crippen molar-refractivity contribution >= 4 is 41.5 Å². The molecule has 2 aromatic rings. The molecule has 0 saturated carbocycles. The van der Waals surface area contributed by atoms with Crippen LogP contribution in [0.2, 0.25) is 5.02 Å². The summed E-state index contributed by atoms with van der Waals surface area (Å²) in [5.74, 6) is 0.830. The number of aromatic nitrogens is 1. The van der Waals surface area contributed by atoms with Crippen molar-refractivity contribution in [2.45, 2.75) is 31.6 Å². The first-order valence-corrected chi connectivity index (χ1v) is 10.4. The Labute approximate surface area is 195 Å². The van der Waals surface area contributed by atoms with Gasteiger partial charge in [-0.25, -0.2) is 0 Å². The molecule has 1 aliphatic heterocycles. The van der Waals surface area contributed by atoms with E-state index in [2.05, 4.69) is 34.7 Å². The number of hydrogen-bond acceptors (Lipinski definition) is 3. The minimum absolute atomic E-state index is 0. The summed E-state index contributed by atoms with van der Waals surface area (Å²) in [7, 11) is 0. The van der Waals surface area contributed by atoms with E-state index in [1.54, 1.807) is 0 Å². The lowest BCUT2D eigenvalue weighted by atomic mass is 9.74. The number of pyridine rings is 1. The van der Waals surface area contributed by atoms with Crippen molar-refractivity contribution in [1.29, 1.82) is 0 Å². The fourth-order valence-electron chi connectivity index (χ4n) is 3.59. The molecular weight excluding hydrogens is 499 g/mol. The van der Waals surface area contributed by atoms with Gasteiger partial charge in [0.05, 0.1) is 6.54 Å². The number of rotatable bonds is 7. The van der Waals surface area contributed by atoms with Gasteiger partial charge in [-0.3, -0.25) is 9.98 Å². The van der Waals surface area contributed by atoms with Crippen LogP contribution in [0.1, 0.15) is 31.0 Å². The standard InChI is InChI=1S/C22H29ClN4O.HI/c1-2-24-21(26-14-10-18-7-5-6-13-25-18)27-17-22(11-15-28-16-12-22)19-8-3-4-9-20(19)23;/h3-9,13H,2,10-12,14-17H2,1H3,(H2,24,26,27);1H. The second-order valence-corrected chi connectivity index (χ2v) is 7.47. The number of benzene rings is 1. The summed E-state index contributed by atoms with van der Waals surface area (Å²) in [6, 6.07) is 14.1. The second kappa shape index (κ2) is 12.3. The lowest BCUT2D eigenvalue weighted by Crippen LogP contribution is -2.42. The van der Waals surface area contributed by atoms with Gasteiger partial charge in [-0.1, -0.05) is 35.9 Å². The number of ether oxygens (including phenoxy) is 1. The van der Waals surface area contributed by atoms with Crippen molar-refractivity contribution in [1.82, 2.24) is 15.6 Å². The molecule has 3 rings (SSSR count). The maximum atomic E-state index is 6.55. The van der Waals surface area contributed by atoms with Crippen LogP contribution in [-0.2, 0) is 16.6 Å². The van der Waals surface area contributed by atoms with Crippen molar-refractivity contribution in [3.05, 3.63) is 64.9 Å². The molecule has 0 spiro atoms. The Morgan fingerprint density at radius 2 is 1.90 bits per heavy atom. The third kappa shape index (κ3) is 6.83. The molecule has 1 aromatic carbocycles. The summed E-state index contributed by atoms with van der Waals surface area (Å²) in [5, 5.41) is 7.59. The molecule has 2 heterocycles. The molecule has 0 aliphatic carbocycles. The zero-order chi connectivity index (χ0) is 19.7. The monoisotopic (exact) mass is 528 g/mol. The molecule has 7 heteroatoms. The Morgan fingerprint density at radius 3 is 2.59 bits per heavy atom. The van der Waals surface area contributed by atoms with Crippen LogP contribution in [0.4, 0.5) is 0 Å². The summed E-state index contributed by atoms with van der Waals surface area (Å²) in [5.41, 5.74) is 2.16. The first-order chi connectivity index (χ1) is 13.7. The van der Waals surface area contributed by atoms with Crippen molar-refractivity contribution in [2.75, 3.05) is 32.8 Å². The maximum absolute atomic E-state index is 6.55. The van der Waals surface area contributed by atoms with Gasteiger partial charge in [0.15, 0.2) is 5.96 Å². The van der Waals surface area contributed by atoms with E-state index in [9.17, 15) is 0 Å². The van der Waals surface area contributed by atoms with E-state index in [1.807, 2.05) is 36.5 Å².